The molecule has 0 saturated carbocycles. The Balaban J connectivity index is 1.43. The van der Waals surface area contributed by atoms with Gasteiger partial charge in [0.05, 0.1) is 40.2 Å². The molecule has 214 valence electrons. The number of nitrogens with zero attached hydrogens (tertiary/aromatic N) is 3. The molecule has 3 aliphatic rings. The van der Waals surface area contributed by atoms with Gasteiger partial charge in [-0.2, -0.15) is 0 Å². The lowest BCUT2D eigenvalue weighted by atomic mass is 9.83. The van der Waals surface area contributed by atoms with Crippen LogP contribution in [0.2, 0.25) is 0 Å². The van der Waals surface area contributed by atoms with Gasteiger partial charge in [-0.3, -0.25) is 9.59 Å². The van der Waals surface area contributed by atoms with E-state index in [9.17, 15) is 14.7 Å². The monoisotopic (exact) mass is 570 g/mol. The second-order valence-corrected chi connectivity index (χ2v) is 12.2. The molecule has 2 amide bonds. The minimum absolute atomic E-state index is 0.0599. The summed E-state index contributed by atoms with van der Waals surface area (Å²) in [4.78, 5) is 29.2. The number of nitrogens with one attached hydrogen (secondary N) is 1. The predicted molar refractivity (Wildman–Crippen MR) is 165 cm³/mol. The van der Waals surface area contributed by atoms with Crippen molar-refractivity contribution >= 4 is 55.4 Å². The third-order valence-electron chi connectivity index (χ3n) is 10.3. The first-order chi connectivity index (χ1) is 20.9. The van der Waals surface area contributed by atoms with Crippen molar-refractivity contribution in [2.24, 2.45) is 5.92 Å². The van der Waals surface area contributed by atoms with Gasteiger partial charge in [0, 0.05) is 53.2 Å². The Morgan fingerprint density at radius 2 is 1.65 bits per heavy atom. The van der Waals surface area contributed by atoms with Gasteiger partial charge >= 0.3 is 0 Å². The van der Waals surface area contributed by atoms with E-state index in [4.69, 9.17) is 4.74 Å². The predicted octanol–water partition coefficient (Wildman–Crippen LogP) is 5.50. The standard InChI is InChI=1S/C35H30N4O4/c1-35-23(18-40)26(37(2)34(42)19-10-4-3-5-11-19)16-27(43-35)38-24-14-8-6-12-20(24)29-30-22(17-36-33(30)41)28-21-13-7-9-15-25(21)39(35)32(28)31(29)38/h3-15,23,26-27,40H,16-18H2,1-2H3,(H,36,41)/t23-,26-,27-,35+/m1/s1. The van der Waals surface area contributed by atoms with Crippen molar-refractivity contribution in [3.8, 4) is 0 Å². The smallest absolute Gasteiger partial charge is 0.253 e. The molecule has 8 nitrogen and oxygen atoms in total. The highest BCUT2D eigenvalue weighted by Crippen LogP contribution is 2.55. The summed E-state index contributed by atoms with van der Waals surface area (Å²) < 4.78 is 11.7. The molecule has 0 aliphatic carbocycles. The maximum Gasteiger partial charge on any atom is 0.253 e. The first-order valence-corrected chi connectivity index (χ1v) is 14.8. The summed E-state index contributed by atoms with van der Waals surface area (Å²) >= 11 is 0. The molecular weight excluding hydrogens is 540 g/mol. The Morgan fingerprint density at radius 1 is 0.977 bits per heavy atom. The molecule has 8 heteroatoms. The summed E-state index contributed by atoms with van der Waals surface area (Å²) in [5, 5.41) is 18.3. The van der Waals surface area contributed by atoms with Gasteiger partial charge < -0.3 is 29.2 Å². The number of aromatic nitrogens is 2. The molecule has 5 heterocycles. The third-order valence-corrected chi connectivity index (χ3v) is 10.3. The fourth-order valence-electron chi connectivity index (χ4n) is 8.41. The Kier molecular flexibility index (Phi) is 4.90. The van der Waals surface area contributed by atoms with Crippen LogP contribution in [0.25, 0.3) is 43.6 Å². The van der Waals surface area contributed by atoms with Crippen molar-refractivity contribution in [1.29, 1.82) is 0 Å². The molecular formula is C35H30N4O4. The van der Waals surface area contributed by atoms with E-state index >= 15 is 0 Å². The Bertz CT molecular complexity index is 2180. The highest BCUT2D eigenvalue weighted by Gasteiger charge is 2.54. The highest BCUT2D eigenvalue weighted by molar-refractivity contribution is 6.31. The number of rotatable bonds is 3. The fourth-order valence-corrected chi connectivity index (χ4v) is 8.41. The number of hydrogen-bond donors (Lipinski definition) is 2. The second-order valence-electron chi connectivity index (χ2n) is 12.2. The molecule has 0 unspecified atom stereocenters. The first-order valence-electron chi connectivity index (χ1n) is 14.8. The summed E-state index contributed by atoms with van der Waals surface area (Å²) in [6.45, 7) is 2.34. The summed E-state index contributed by atoms with van der Waals surface area (Å²) in [5.74, 6) is -0.584. The maximum atomic E-state index is 13.9. The molecule has 0 radical (unpaired) electrons. The molecule has 2 bridgehead atoms. The van der Waals surface area contributed by atoms with E-state index < -0.39 is 17.9 Å². The molecule has 4 atom stereocenters. The summed E-state index contributed by atoms with van der Waals surface area (Å²) in [6, 6.07) is 25.4. The third kappa shape index (κ3) is 2.97. The van der Waals surface area contributed by atoms with E-state index in [2.05, 4.69) is 45.6 Å². The van der Waals surface area contributed by atoms with E-state index in [0.29, 0.717) is 18.5 Å². The molecule has 43 heavy (non-hydrogen) atoms. The van der Waals surface area contributed by atoms with Gasteiger partial charge in [-0.15, -0.1) is 0 Å². The van der Waals surface area contributed by atoms with Crippen molar-refractivity contribution in [3.05, 3.63) is 95.6 Å². The van der Waals surface area contributed by atoms with Crippen LogP contribution in [0.3, 0.4) is 0 Å². The van der Waals surface area contributed by atoms with Crippen LogP contribution in [0.5, 0.6) is 0 Å². The van der Waals surface area contributed by atoms with Crippen LogP contribution in [0.15, 0.2) is 78.9 Å². The van der Waals surface area contributed by atoms with Crippen molar-refractivity contribution in [2.45, 2.75) is 37.9 Å². The average molecular weight is 571 g/mol. The topological polar surface area (TPSA) is 88.7 Å². The number of hydrogen-bond acceptors (Lipinski definition) is 4. The number of amides is 2. The Morgan fingerprint density at radius 3 is 2.40 bits per heavy atom. The molecule has 6 aromatic rings. The number of para-hydroxylation sites is 2. The molecule has 2 N–H and O–H groups in total. The van der Waals surface area contributed by atoms with E-state index in [0.717, 1.165) is 54.7 Å². The molecule has 3 aliphatic heterocycles. The number of ether oxygens (including phenoxy) is 1. The highest BCUT2D eigenvalue weighted by atomic mass is 16.5. The van der Waals surface area contributed by atoms with E-state index in [1.165, 1.54) is 0 Å². The fraction of sp³-hybridized carbons (Fsp3) is 0.257. The van der Waals surface area contributed by atoms with Crippen LogP contribution < -0.4 is 5.32 Å². The van der Waals surface area contributed by atoms with Gasteiger partial charge in [0.25, 0.3) is 11.8 Å². The number of fused-ring (bicyclic) bond motifs is 13. The number of aliphatic hydroxyl groups excluding tert-OH is 1. The summed E-state index contributed by atoms with van der Waals surface area (Å²) in [5.41, 5.74) is 5.25. The average Bonchev–Trinajstić information content (AvgIpc) is 3.68. The lowest BCUT2D eigenvalue weighted by molar-refractivity contribution is -0.243. The summed E-state index contributed by atoms with van der Waals surface area (Å²) in [6.07, 6.45) is 0.0348. The normalized spacial score (nSPS) is 24.2. The van der Waals surface area contributed by atoms with Gasteiger partial charge in [-0.05, 0) is 36.8 Å². The molecule has 2 aromatic heterocycles. The van der Waals surface area contributed by atoms with Gasteiger partial charge in [-0.1, -0.05) is 54.6 Å². The Labute approximate surface area is 247 Å². The minimum atomic E-state index is -1.01. The molecule has 4 aromatic carbocycles. The lowest BCUT2D eigenvalue weighted by Crippen LogP contribution is -2.58. The largest absolute Gasteiger partial charge is 0.396 e. The first kappa shape index (κ1) is 24.9. The number of carbonyl (C=O) groups is 2. The number of benzene rings is 4. The van der Waals surface area contributed by atoms with Gasteiger partial charge in [0.1, 0.15) is 6.23 Å². The van der Waals surface area contributed by atoms with Crippen LogP contribution >= 0.6 is 0 Å². The van der Waals surface area contributed by atoms with Crippen LogP contribution in [0.4, 0.5) is 0 Å². The van der Waals surface area contributed by atoms with Gasteiger partial charge in [0.2, 0.25) is 0 Å². The molecule has 1 fully saturated rings. The number of carbonyl (C=O) groups excluding carboxylic acids is 2. The zero-order valence-electron chi connectivity index (χ0n) is 23.9. The van der Waals surface area contributed by atoms with Crippen LogP contribution in [-0.4, -0.2) is 50.7 Å². The summed E-state index contributed by atoms with van der Waals surface area (Å²) in [7, 11) is 1.84. The van der Waals surface area contributed by atoms with Crippen LogP contribution in [-0.2, 0) is 17.0 Å². The van der Waals surface area contributed by atoms with Crippen molar-refractivity contribution in [2.75, 3.05) is 13.7 Å². The van der Waals surface area contributed by atoms with E-state index in [1.807, 2.05) is 61.6 Å². The van der Waals surface area contributed by atoms with E-state index in [1.54, 1.807) is 4.90 Å². The van der Waals surface area contributed by atoms with Gasteiger partial charge in [0.15, 0.2) is 5.72 Å². The van der Waals surface area contributed by atoms with Crippen LogP contribution in [0.1, 0.15) is 45.9 Å². The SMILES string of the molecule is CN(C(=O)c1ccccc1)[C@@H]1C[C@H]2O[C@@](C)([C@@H]1CO)n1c3ccccc3c3c4c(c5c6ccccc6n2c5c31)C(=O)NC4. The second kappa shape index (κ2) is 8.46. The number of aliphatic hydroxyl groups is 1. The van der Waals surface area contributed by atoms with Crippen molar-refractivity contribution < 1.29 is 19.4 Å². The zero-order chi connectivity index (χ0) is 29.2. The molecule has 0 spiro atoms. The lowest BCUT2D eigenvalue weighted by Gasteiger charge is -2.51. The zero-order valence-corrected chi connectivity index (χ0v) is 23.9. The Hall–Kier alpha value is -4.66. The molecule has 9 rings (SSSR count). The quantitative estimate of drug-likeness (QED) is 0.294. The molecule has 1 saturated heterocycles. The van der Waals surface area contributed by atoms with Crippen molar-refractivity contribution in [3.63, 3.8) is 0 Å². The van der Waals surface area contributed by atoms with Crippen molar-refractivity contribution in [1.82, 2.24) is 19.4 Å². The minimum Gasteiger partial charge on any atom is -0.396 e. The van der Waals surface area contributed by atoms with Gasteiger partial charge in [-0.25, -0.2) is 0 Å². The van der Waals surface area contributed by atoms with Crippen LogP contribution in [0, 0.1) is 5.92 Å². The van der Waals surface area contributed by atoms with E-state index in [-0.39, 0.29) is 24.5 Å². The maximum absolute atomic E-state index is 13.9.